The average molecular weight is 387 g/mol. The lowest BCUT2D eigenvalue weighted by atomic mass is 10.3. The van der Waals surface area contributed by atoms with Gasteiger partial charge >= 0.3 is 0 Å². The summed E-state index contributed by atoms with van der Waals surface area (Å²) in [6, 6.07) is 7.84. The number of benzene rings is 1. The molecule has 0 unspecified atom stereocenters. The number of fused-ring (bicyclic) bond motifs is 1. The van der Waals surface area contributed by atoms with Gasteiger partial charge in [-0.25, -0.2) is 4.98 Å². The molecule has 1 amide bonds. The second-order valence-electron chi connectivity index (χ2n) is 5.24. The molecule has 0 radical (unpaired) electrons. The molecule has 3 heterocycles. The highest BCUT2D eigenvalue weighted by Crippen LogP contribution is 2.22. The molecule has 2 N–H and O–H groups in total. The molecule has 0 saturated carbocycles. The van der Waals surface area contributed by atoms with E-state index in [1.807, 2.05) is 24.3 Å². The van der Waals surface area contributed by atoms with Crippen molar-refractivity contribution in [3.8, 4) is 0 Å². The molecule has 0 saturated heterocycles. The fraction of sp³-hybridized carbons (Fsp3) is 0.200. The number of rotatable bonds is 7. The zero-order valence-corrected chi connectivity index (χ0v) is 15.0. The number of nitrogens with zero attached hydrogens (tertiary/aromatic N) is 5. The minimum atomic E-state index is -0.168. The van der Waals surface area contributed by atoms with Crippen LogP contribution < -0.4 is 5.32 Å². The van der Waals surface area contributed by atoms with Crippen LogP contribution in [0.5, 0.6) is 0 Å². The Hall–Kier alpha value is -2.79. The molecule has 4 rings (SSSR count). The monoisotopic (exact) mass is 387 g/mol. The Labute approximate surface area is 155 Å². The van der Waals surface area contributed by atoms with Crippen LogP contribution in [0.25, 0.3) is 11.0 Å². The predicted molar refractivity (Wildman–Crippen MR) is 96.8 cm³/mol. The lowest BCUT2D eigenvalue weighted by Crippen LogP contribution is -2.12. The zero-order valence-electron chi connectivity index (χ0n) is 13.4. The van der Waals surface area contributed by atoms with Gasteiger partial charge in [0.25, 0.3) is 0 Å². The lowest BCUT2D eigenvalue weighted by Gasteiger charge is -1.97. The molecule has 9 nitrogen and oxygen atoms in total. The first-order valence-electron chi connectivity index (χ1n) is 7.71. The fourth-order valence-corrected chi connectivity index (χ4v) is 3.40. The Bertz CT molecular complexity index is 979. The molecule has 0 bridgehead atoms. The Kier molecular flexibility index (Phi) is 4.88. The molecule has 0 atom stereocenters. The molecule has 0 aliphatic rings. The van der Waals surface area contributed by atoms with Crippen molar-refractivity contribution in [1.29, 1.82) is 0 Å². The second kappa shape index (κ2) is 7.62. The number of aryl methyl sites for hydroxylation is 1. The Morgan fingerprint density at radius 3 is 3.08 bits per heavy atom. The summed E-state index contributed by atoms with van der Waals surface area (Å²) in [7, 11) is 0. The molecule has 26 heavy (non-hydrogen) atoms. The summed E-state index contributed by atoms with van der Waals surface area (Å²) in [5, 5.41) is 15.3. The molecule has 0 aliphatic heterocycles. The predicted octanol–water partition coefficient (Wildman–Crippen LogP) is 2.66. The number of hydrogen-bond acceptors (Lipinski definition) is 9. The number of thioether (sulfide) groups is 1. The van der Waals surface area contributed by atoms with Gasteiger partial charge in [-0.2, -0.15) is 4.98 Å². The number of H-pyrrole nitrogens is 1. The first-order valence-corrected chi connectivity index (χ1v) is 9.58. The number of imidazole rings is 1. The van der Waals surface area contributed by atoms with Gasteiger partial charge < -0.3 is 14.8 Å². The van der Waals surface area contributed by atoms with E-state index in [4.69, 9.17) is 4.52 Å². The maximum absolute atomic E-state index is 11.8. The molecule has 0 fully saturated rings. The van der Waals surface area contributed by atoms with Crippen molar-refractivity contribution in [3.05, 3.63) is 41.5 Å². The van der Waals surface area contributed by atoms with Crippen molar-refractivity contribution >= 4 is 45.2 Å². The van der Waals surface area contributed by atoms with Crippen LogP contribution >= 0.6 is 23.1 Å². The number of carbonyl (C=O) groups excluding carboxylic acids is 1. The minimum Gasteiger partial charge on any atom is -0.339 e. The van der Waals surface area contributed by atoms with Crippen molar-refractivity contribution in [2.45, 2.75) is 23.8 Å². The van der Waals surface area contributed by atoms with Crippen molar-refractivity contribution in [3.63, 3.8) is 0 Å². The Balaban J connectivity index is 1.28. The molecule has 0 aliphatic carbocycles. The number of amides is 1. The lowest BCUT2D eigenvalue weighted by molar-refractivity contribution is -0.116. The minimum absolute atomic E-state index is 0.168. The largest absolute Gasteiger partial charge is 0.339 e. The summed E-state index contributed by atoms with van der Waals surface area (Å²) in [6.07, 6.45) is 0.602. The third kappa shape index (κ3) is 4.06. The topological polar surface area (TPSA) is 122 Å². The van der Waals surface area contributed by atoms with Crippen LogP contribution in [0.3, 0.4) is 0 Å². The van der Waals surface area contributed by atoms with Gasteiger partial charge in [0.15, 0.2) is 11.0 Å². The zero-order chi connectivity index (χ0) is 17.8. The molecular formula is C15H13N7O2S2. The van der Waals surface area contributed by atoms with E-state index in [-0.39, 0.29) is 12.3 Å². The van der Waals surface area contributed by atoms with Crippen LogP contribution in [0.2, 0.25) is 0 Å². The van der Waals surface area contributed by atoms with Gasteiger partial charge in [-0.1, -0.05) is 40.4 Å². The van der Waals surface area contributed by atoms with Crippen LogP contribution in [0, 0.1) is 0 Å². The third-order valence-corrected chi connectivity index (χ3v) is 4.86. The SMILES string of the molecule is O=C(CCc1nc(CSc2nc3ccccc3[nH]2)no1)Nc1nncs1. The Morgan fingerprint density at radius 1 is 1.31 bits per heavy atom. The van der Waals surface area contributed by atoms with E-state index in [0.717, 1.165) is 16.2 Å². The van der Waals surface area contributed by atoms with Gasteiger partial charge in [-0.3, -0.25) is 4.79 Å². The number of carbonyl (C=O) groups is 1. The number of nitrogens with one attached hydrogen (secondary N) is 2. The van der Waals surface area contributed by atoms with E-state index in [9.17, 15) is 4.79 Å². The van der Waals surface area contributed by atoms with Crippen LogP contribution in [0.4, 0.5) is 5.13 Å². The average Bonchev–Trinajstić information content (AvgIpc) is 3.38. The maximum Gasteiger partial charge on any atom is 0.227 e. The summed E-state index contributed by atoms with van der Waals surface area (Å²) in [5.74, 6) is 1.35. The van der Waals surface area contributed by atoms with E-state index in [1.54, 1.807) is 5.51 Å². The van der Waals surface area contributed by atoms with Gasteiger partial charge in [-0.05, 0) is 12.1 Å². The van der Waals surface area contributed by atoms with Gasteiger partial charge in [0.05, 0.1) is 16.8 Å². The van der Waals surface area contributed by atoms with Crippen LogP contribution in [-0.2, 0) is 17.0 Å². The van der Waals surface area contributed by atoms with Crippen LogP contribution in [0.15, 0.2) is 39.5 Å². The molecule has 3 aromatic heterocycles. The highest BCUT2D eigenvalue weighted by atomic mass is 32.2. The molecule has 0 spiro atoms. The van der Waals surface area contributed by atoms with E-state index in [0.29, 0.717) is 29.0 Å². The summed E-state index contributed by atoms with van der Waals surface area (Å²) in [6.45, 7) is 0. The standard InChI is InChI=1S/C15H13N7O2S2/c23-12(20-15-21-16-8-26-15)5-6-13-19-11(22-24-13)7-25-14-17-9-3-1-2-4-10(9)18-14/h1-4,8H,5-7H2,(H,17,18)(H,20,21,23). The molecule has 132 valence electrons. The summed E-state index contributed by atoms with van der Waals surface area (Å²) < 4.78 is 5.19. The van der Waals surface area contributed by atoms with E-state index in [2.05, 4.69) is 35.6 Å². The smallest absolute Gasteiger partial charge is 0.227 e. The first kappa shape index (κ1) is 16.7. The fourth-order valence-electron chi connectivity index (χ4n) is 2.21. The summed E-state index contributed by atoms with van der Waals surface area (Å²) >= 11 is 2.76. The first-order chi connectivity index (χ1) is 12.8. The van der Waals surface area contributed by atoms with Gasteiger partial charge in [0.1, 0.15) is 5.51 Å². The normalized spacial score (nSPS) is 11.1. The maximum atomic E-state index is 11.8. The van der Waals surface area contributed by atoms with Crippen LogP contribution in [0.1, 0.15) is 18.1 Å². The Morgan fingerprint density at radius 2 is 2.23 bits per heavy atom. The summed E-state index contributed by atoms with van der Waals surface area (Å²) in [4.78, 5) is 23.8. The number of para-hydroxylation sites is 2. The van der Waals surface area contributed by atoms with E-state index < -0.39 is 0 Å². The quantitative estimate of drug-likeness (QED) is 0.464. The second-order valence-corrected chi connectivity index (χ2v) is 7.04. The van der Waals surface area contributed by atoms with Crippen molar-refractivity contribution < 1.29 is 9.32 Å². The van der Waals surface area contributed by atoms with Crippen molar-refractivity contribution in [2.24, 2.45) is 0 Å². The number of aromatic amines is 1. The third-order valence-electron chi connectivity index (χ3n) is 3.39. The molecule has 4 aromatic rings. The van der Waals surface area contributed by atoms with Gasteiger partial charge in [0, 0.05) is 12.8 Å². The number of hydrogen-bond donors (Lipinski definition) is 2. The molecule has 11 heteroatoms. The number of anilines is 1. The summed E-state index contributed by atoms with van der Waals surface area (Å²) in [5.41, 5.74) is 3.47. The highest BCUT2D eigenvalue weighted by molar-refractivity contribution is 7.98. The van der Waals surface area contributed by atoms with E-state index in [1.165, 1.54) is 23.1 Å². The van der Waals surface area contributed by atoms with Gasteiger partial charge in [-0.15, -0.1) is 10.2 Å². The van der Waals surface area contributed by atoms with Crippen molar-refractivity contribution in [1.82, 2.24) is 30.3 Å². The van der Waals surface area contributed by atoms with Crippen molar-refractivity contribution in [2.75, 3.05) is 5.32 Å². The number of aromatic nitrogens is 6. The van der Waals surface area contributed by atoms with E-state index >= 15 is 0 Å². The molecule has 1 aromatic carbocycles. The highest BCUT2D eigenvalue weighted by Gasteiger charge is 2.11. The molecular weight excluding hydrogens is 374 g/mol. The van der Waals surface area contributed by atoms with Crippen LogP contribution in [-0.4, -0.2) is 36.2 Å². The van der Waals surface area contributed by atoms with Gasteiger partial charge in [0.2, 0.25) is 16.9 Å².